The molecule has 1 aromatic carbocycles. The summed E-state index contributed by atoms with van der Waals surface area (Å²) >= 11 is 0. The molecule has 2 rings (SSSR count). The van der Waals surface area contributed by atoms with Gasteiger partial charge in [-0.1, -0.05) is 37.3 Å². The minimum absolute atomic E-state index is 0.138. The summed E-state index contributed by atoms with van der Waals surface area (Å²) in [5.74, 6) is -0.323. The molecular weight excluding hydrogens is 284 g/mol. The summed E-state index contributed by atoms with van der Waals surface area (Å²) in [6.45, 7) is 1.92. The number of hydrogen-bond acceptors (Lipinski definition) is 4. The fourth-order valence-electron chi connectivity index (χ4n) is 2.41. The first-order chi connectivity index (χ1) is 10.5. The highest BCUT2D eigenvalue weighted by atomic mass is 16.7. The molecule has 0 radical (unpaired) electrons. The van der Waals surface area contributed by atoms with Gasteiger partial charge in [0.2, 0.25) is 5.91 Å². The van der Waals surface area contributed by atoms with Crippen LogP contribution >= 0.6 is 0 Å². The molecule has 0 saturated heterocycles. The van der Waals surface area contributed by atoms with Crippen LogP contribution in [-0.4, -0.2) is 18.1 Å². The maximum Gasteiger partial charge on any atom is 0.320 e. The van der Waals surface area contributed by atoms with Gasteiger partial charge >= 0.3 is 6.29 Å². The molecule has 2 amide bonds. The molecule has 0 aromatic heterocycles. The molecule has 0 bridgehead atoms. The monoisotopic (exact) mass is 304 g/mol. The van der Waals surface area contributed by atoms with Crippen LogP contribution in [0.25, 0.3) is 0 Å². The van der Waals surface area contributed by atoms with Crippen LogP contribution in [-0.2, 0) is 25.5 Å². The van der Waals surface area contributed by atoms with Gasteiger partial charge in [-0.3, -0.25) is 9.59 Å². The normalized spacial score (nSPS) is 18.5. The molecule has 1 aromatic rings. The zero-order chi connectivity index (χ0) is 16.1. The summed E-state index contributed by atoms with van der Waals surface area (Å²) in [6.07, 6.45) is 0.107. The molecular formula is C16H20N2O4. The number of rotatable bonds is 7. The third-order valence-corrected chi connectivity index (χ3v) is 3.51. The van der Waals surface area contributed by atoms with Gasteiger partial charge in [-0.15, -0.1) is 0 Å². The van der Waals surface area contributed by atoms with Crippen molar-refractivity contribution in [1.82, 2.24) is 0 Å². The summed E-state index contributed by atoms with van der Waals surface area (Å²) < 4.78 is 11.1. The standard InChI is InChI=1S/C16H20N2O4/c1-2-11(9-13(17)19)14-12(21-16(22-14)15(18)20)8-10-6-4-3-5-7-10/h3-7,11,16H,2,8-9H2,1H3,(H2,17,19)(H2,18,20). The summed E-state index contributed by atoms with van der Waals surface area (Å²) in [7, 11) is 0. The molecule has 0 saturated carbocycles. The van der Waals surface area contributed by atoms with E-state index in [2.05, 4.69) is 0 Å². The van der Waals surface area contributed by atoms with Gasteiger partial charge in [0.15, 0.2) is 0 Å². The Labute approximate surface area is 129 Å². The molecule has 1 aliphatic rings. The van der Waals surface area contributed by atoms with Crippen molar-refractivity contribution in [2.24, 2.45) is 17.4 Å². The minimum Gasteiger partial charge on any atom is -0.447 e. The predicted octanol–water partition coefficient (Wildman–Crippen LogP) is 1.20. The molecule has 0 aliphatic carbocycles. The van der Waals surface area contributed by atoms with E-state index in [0.717, 1.165) is 5.56 Å². The number of primary amides is 2. The van der Waals surface area contributed by atoms with E-state index in [1.165, 1.54) is 0 Å². The summed E-state index contributed by atoms with van der Waals surface area (Å²) in [6, 6.07) is 9.63. The molecule has 1 heterocycles. The van der Waals surface area contributed by atoms with Crippen LogP contribution in [0.4, 0.5) is 0 Å². The van der Waals surface area contributed by atoms with Crippen LogP contribution in [0, 0.1) is 5.92 Å². The molecule has 22 heavy (non-hydrogen) atoms. The number of allylic oxidation sites excluding steroid dienone is 2. The van der Waals surface area contributed by atoms with Crippen molar-refractivity contribution in [3.63, 3.8) is 0 Å². The van der Waals surface area contributed by atoms with Crippen LogP contribution in [0.2, 0.25) is 0 Å². The van der Waals surface area contributed by atoms with E-state index in [4.69, 9.17) is 20.9 Å². The van der Waals surface area contributed by atoms with Gasteiger partial charge in [0.25, 0.3) is 5.91 Å². The number of ether oxygens (including phenoxy) is 2. The van der Waals surface area contributed by atoms with Crippen molar-refractivity contribution >= 4 is 11.8 Å². The lowest BCUT2D eigenvalue weighted by Gasteiger charge is -2.14. The second kappa shape index (κ2) is 6.98. The molecule has 4 N–H and O–H groups in total. The lowest BCUT2D eigenvalue weighted by atomic mass is 9.97. The Kier molecular flexibility index (Phi) is 5.04. The van der Waals surface area contributed by atoms with Gasteiger partial charge in [-0.2, -0.15) is 0 Å². The van der Waals surface area contributed by atoms with Gasteiger partial charge in [0.1, 0.15) is 11.5 Å². The minimum atomic E-state index is -1.14. The predicted molar refractivity (Wildman–Crippen MR) is 79.9 cm³/mol. The second-order valence-corrected chi connectivity index (χ2v) is 5.20. The first-order valence-corrected chi connectivity index (χ1v) is 7.19. The van der Waals surface area contributed by atoms with E-state index >= 15 is 0 Å². The van der Waals surface area contributed by atoms with Gasteiger partial charge < -0.3 is 20.9 Å². The van der Waals surface area contributed by atoms with Crippen LogP contribution < -0.4 is 11.5 Å². The van der Waals surface area contributed by atoms with Gasteiger partial charge in [0, 0.05) is 18.8 Å². The summed E-state index contributed by atoms with van der Waals surface area (Å²) in [4.78, 5) is 22.5. The van der Waals surface area contributed by atoms with Gasteiger partial charge in [-0.05, 0) is 12.0 Å². The summed E-state index contributed by atoms with van der Waals surface area (Å²) in [5, 5.41) is 0. The van der Waals surface area contributed by atoms with E-state index < -0.39 is 18.1 Å². The van der Waals surface area contributed by atoms with Crippen LogP contribution in [0.1, 0.15) is 25.3 Å². The lowest BCUT2D eigenvalue weighted by molar-refractivity contribution is -0.143. The quantitative estimate of drug-likeness (QED) is 0.789. The van der Waals surface area contributed by atoms with Crippen molar-refractivity contribution in [1.29, 1.82) is 0 Å². The number of nitrogens with two attached hydrogens (primary N) is 2. The molecule has 0 fully saturated rings. The molecule has 2 unspecified atom stereocenters. The van der Waals surface area contributed by atoms with Gasteiger partial charge in [0.05, 0.1) is 0 Å². The maximum absolute atomic E-state index is 11.3. The number of carbonyl (C=O) groups is 2. The number of amides is 2. The largest absolute Gasteiger partial charge is 0.447 e. The molecule has 6 heteroatoms. The van der Waals surface area contributed by atoms with Crippen molar-refractivity contribution < 1.29 is 19.1 Å². The maximum atomic E-state index is 11.3. The van der Waals surface area contributed by atoms with Crippen LogP contribution in [0.5, 0.6) is 0 Å². The number of benzene rings is 1. The zero-order valence-corrected chi connectivity index (χ0v) is 12.5. The van der Waals surface area contributed by atoms with Crippen LogP contribution in [0.15, 0.2) is 41.9 Å². The van der Waals surface area contributed by atoms with Crippen molar-refractivity contribution in [2.75, 3.05) is 0 Å². The van der Waals surface area contributed by atoms with Gasteiger partial charge in [-0.25, -0.2) is 0 Å². The van der Waals surface area contributed by atoms with Crippen LogP contribution in [0.3, 0.4) is 0 Å². The average molecular weight is 304 g/mol. The summed E-state index contributed by atoms with van der Waals surface area (Å²) in [5.41, 5.74) is 11.5. The fraction of sp³-hybridized carbons (Fsp3) is 0.375. The topological polar surface area (TPSA) is 105 Å². The average Bonchev–Trinajstić information content (AvgIpc) is 2.89. The highest BCUT2D eigenvalue weighted by molar-refractivity contribution is 5.78. The molecule has 0 spiro atoms. The molecule has 6 nitrogen and oxygen atoms in total. The third kappa shape index (κ3) is 3.78. The highest BCUT2D eigenvalue weighted by Crippen LogP contribution is 2.33. The van der Waals surface area contributed by atoms with E-state index in [9.17, 15) is 9.59 Å². The first-order valence-electron chi connectivity index (χ1n) is 7.19. The van der Waals surface area contributed by atoms with Crippen molar-refractivity contribution in [3.8, 4) is 0 Å². The zero-order valence-electron chi connectivity index (χ0n) is 12.5. The Hall–Kier alpha value is -2.50. The molecule has 1 aliphatic heterocycles. The van der Waals surface area contributed by atoms with Crippen molar-refractivity contribution in [2.45, 2.75) is 32.5 Å². The van der Waals surface area contributed by atoms with E-state index in [0.29, 0.717) is 24.4 Å². The number of hydrogen-bond donors (Lipinski definition) is 2. The Morgan fingerprint density at radius 1 is 1.18 bits per heavy atom. The third-order valence-electron chi connectivity index (χ3n) is 3.51. The first kappa shape index (κ1) is 15.9. The van der Waals surface area contributed by atoms with Crippen molar-refractivity contribution in [3.05, 3.63) is 47.4 Å². The fourth-order valence-corrected chi connectivity index (χ4v) is 2.41. The highest BCUT2D eigenvalue weighted by Gasteiger charge is 2.35. The Morgan fingerprint density at radius 2 is 1.86 bits per heavy atom. The molecule has 118 valence electrons. The molecule has 2 atom stereocenters. The van der Waals surface area contributed by atoms with E-state index in [1.807, 2.05) is 37.3 Å². The number of carbonyl (C=O) groups excluding carboxylic acids is 2. The smallest absolute Gasteiger partial charge is 0.320 e. The Bertz CT molecular complexity index is 583. The Balaban J connectivity index is 2.26. The SMILES string of the molecule is CCC(CC(N)=O)C1=C(Cc2ccccc2)OC(C(N)=O)O1. The van der Waals surface area contributed by atoms with E-state index in [-0.39, 0.29) is 12.3 Å². The second-order valence-electron chi connectivity index (χ2n) is 5.20. The Morgan fingerprint density at radius 3 is 2.41 bits per heavy atom. The lowest BCUT2D eigenvalue weighted by Crippen LogP contribution is -2.30. The van der Waals surface area contributed by atoms with E-state index in [1.54, 1.807) is 0 Å².